The smallest absolute Gasteiger partial charge is 0.872 e. The van der Waals surface area contributed by atoms with Crippen LogP contribution in [0.15, 0.2) is 94.7 Å². The van der Waals surface area contributed by atoms with E-state index in [2.05, 4.69) is 13.8 Å². The molecule has 0 aliphatic heterocycles. The standard InChI is InChI=1S/2C25H36O5S.Ca/c2*1-2-3-4-5-6-7-8-9-10-11-12-14-21-17-18-25(31(27,28)29)24(19-21)30-23-16-13-15-22(26)20-23;/h2*13,15-20,26H,2-12,14H2,1H3,(H,27,28,29);/q;;+2/p-2. The average molecular weight is 935 g/mol. The summed E-state index contributed by atoms with van der Waals surface area (Å²) in [4.78, 5) is -0.690. The van der Waals surface area contributed by atoms with Crippen LogP contribution in [0.4, 0.5) is 0 Å². The van der Waals surface area contributed by atoms with E-state index < -0.39 is 25.1 Å². The molecule has 4 aromatic rings. The topological polar surface area (TPSA) is 173 Å². The zero-order chi connectivity index (χ0) is 45.1. The van der Waals surface area contributed by atoms with Gasteiger partial charge in [-0.2, -0.15) is 8.42 Å². The molecule has 63 heavy (non-hydrogen) atoms. The van der Waals surface area contributed by atoms with Gasteiger partial charge in [-0.1, -0.05) is 173 Å². The molecular formula is C50H70CaO10S2. The number of phenolic OH excluding ortho intramolecular Hbond substituents is 1. The van der Waals surface area contributed by atoms with Gasteiger partial charge in [-0.25, -0.2) is 8.42 Å². The predicted octanol–water partition coefficient (Wildman–Crippen LogP) is 13.2. The van der Waals surface area contributed by atoms with E-state index in [4.69, 9.17) is 9.47 Å². The molecule has 13 heteroatoms. The van der Waals surface area contributed by atoms with Gasteiger partial charge in [-0.05, 0) is 85.3 Å². The van der Waals surface area contributed by atoms with E-state index in [0.29, 0.717) is 5.75 Å². The summed E-state index contributed by atoms with van der Waals surface area (Å²) in [5.74, 6) is 0.319. The van der Waals surface area contributed by atoms with Crippen LogP contribution in [0, 0.1) is 0 Å². The van der Waals surface area contributed by atoms with E-state index in [1.54, 1.807) is 42.5 Å². The average Bonchev–Trinajstić information content (AvgIpc) is 3.21. The molecule has 0 unspecified atom stereocenters. The summed E-state index contributed by atoms with van der Waals surface area (Å²) in [5, 5.41) is 21.1. The zero-order valence-electron chi connectivity index (χ0n) is 37.7. The first-order valence-electron chi connectivity index (χ1n) is 22.9. The van der Waals surface area contributed by atoms with Crippen LogP contribution in [0.2, 0.25) is 0 Å². The van der Waals surface area contributed by atoms with Gasteiger partial charge < -0.3 is 24.2 Å². The normalized spacial score (nSPS) is 11.4. The predicted molar refractivity (Wildman–Crippen MR) is 251 cm³/mol. The Kier molecular flexibility index (Phi) is 28.5. The van der Waals surface area contributed by atoms with Crippen LogP contribution >= 0.6 is 0 Å². The molecule has 4 aromatic carbocycles. The monoisotopic (exact) mass is 934 g/mol. The SMILES string of the molecule is CCCCCCCCCCCCCc1ccc(S(=O)(=O)O)c(Oc2cccc(O)c2)c1.CCCCCCCCCCCCCc1ccc(S(=O)(=O)[O-])c(Oc2cccc([O-])c2)c1.[Ca+2]. The van der Waals surface area contributed by atoms with Crippen molar-refractivity contribution in [1.29, 1.82) is 0 Å². The second-order valence-corrected chi connectivity index (χ2v) is 19.0. The second-order valence-electron chi connectivity index (χ2n) is 16.2. The summed E-state index contributed by atoms with van der Waals surface area (Å²) >= 11 is 0. The number of aryl methyl sites for hydroxylation is 2. The van der Waals surface area contributed by atoms with Crippen LogP contribution < -0.4 is 14.6 Å². The first-order chi connectivity index (χ1) is 29.8. The second kappa shape index (κ2) is 31.9. The molecule has 0 atom stereocenters. The zero-order valence-corrected chi connectivity index (χ0v) is 41.6. The Bertz CT molecular complexity index is 1940. The molecule has 0 bridgehead atoms. The van der Waals surface area contributed by atoms with Crippen molar-refractivity contribution in [2.75, 3.05) is 0 Å². The molecule has 2 N–H and O–H groups in total. The molecule has 0 radical (unpaired) electrons. The Hall–Kier alpha value is -2.84. The fourth-order valence-electron chi connectivity index (χ4n) is 7.32. The third-order valence-corrected chi connectivity index (χ3v) is 12.5. The van der Waals surface area contributed by atoms with Gasteiger partial charge in [0.2, 0.25) is 0 Å². The van der Waals surface area contributed by atoms with Crippen molar-refractivity contribution in [2.24, 2.45) is 0 Å². The van der Waals surface area contributed by atoms with Crippen molar-refractivity contribution in [3.8, 4) is 34.5 Å². The maximum Gasteiger partial charge on any atom is 2.00 e. The molecule has 4 rings (SSSR count). The molecule has 344 valence electrons. The number of hydrogen-bond donors (Lipinski definition) is 2. The minimum Gasteiger partial charge on any atom is -0.872 e. The number of hydrogen-bond acceptors (Lipinski definition) is 9. The summed E-state index contributed by atoms with van der Waals surface area (Å²) in [7, 11) is -9.09. The van der Waals surface area contributed by atoms with Crippen LogP contribution in [0.1, 0.15) is 166 Å². The molecule has 0 amide bonds. The van der Waals surface area contributed by atoms with Gasteiger partial charge in [0.05, 0.1) is 4.90 Å². The number of rotatable bonds is 30. The summed E-state index contributed by atoms with van der Waals surface area (Å²) in [6.45, 7) is 4.48. The van der Waals surface area contributed by atoms with Crippen molar-refractivity contribution in [2.45, 2.75) is 178 Å². The van der Waals surface area contributed by atoms with Gasteiger partial charge >= 0.3 is 37.7 Å². The Morgan fingerprint density at radius 1 is 0.492 bits per heavy atom. The van der Waals surface area contributed by atoms with Gasteiger partial charge in [0, 0.05) is 6.07 Å². The number of unbranched alkanes of at least 4 members (excludes halogenated alkanes) is 20. The number of ether oxygens (including phenoxy) is 2. The molecule has 0 aliphatic rings. The van der Waals surface area contributed by atoms with E-state index in [0.717, 1.165) is 49.7 Å². The third-order valence-electron chi connectivity index (χ3n) is 10.8. The van der Waals surface area contributed by atoms with E-state index in [-0.39, 0.29) is 71.4 Å². The Balaban J connectivity index is 0.000000427. The minimum atomic E-state index is -4.68. The number of benzene rings is 4. The summed E-state index contributed by atoms with van der Waals surface area (Å²) in [6, 6.07) is 21.1. The van der Waals surface area contributed by atoms with Crippen molar-refractivity contribution in [3.63, 3.8) is 0 Å². The van der Waals surface area contributed by atoms with Gasteiger partial charge in [0.1, 0.15) is 43.8 Å². The molecule has 0 spiro atoms. The van der Waals surface area contributed by atoms with Gasteiger partial charge in [-0.15, -0.1) is 5.75 Å². The largest absolute Gasteiger partial charge is 2.00 e. The maximum atomic E-state index is 11.7. The maximum absolute atomic E-state index is 11.7. The van der Waals surface area contributed by atoms with Crippen LogP contribution in [-0.4, -0.2) is 68.8 Å². The van der Waals surface area contributed by atoms with E-state index in [1.165, 1.54) is 158 Å². The first-order valence-corrected chi connectivity index (χ1v) is 25.8. The van der Waals surface area contributed by atoms with Gasteiger partial charge in [0.15, 0.2) is 0 Å². The van der Waals surface area contributed by atoms with Crippen LogP contribution in [0.3, 0.4) is 0 Å². The Morgan fingerprint density at radius 3 is 1.27 bits per heavy atom. The van der Waals surface area contributed by atoms with E-state index in [9.17, 15) is 36.2 Å². The summed E-state index contributed by atoms with van der Waals surface area (Å²) < 4.78 is 78.9. The first kappa shape index (κ1) is 56.3. The van der Waals surface area contributed by atoms with E-state index >= 15 is 0 Å². The Labute approximate surface area is 408 Å². The molecule has 0 saturated carbocycles. The molecule has 10 nitrogen and oxygen atoms in total. The quantitative estimate of drug-likeness (QED) is 0.0291. The third kappa shape index (κ3) is 24.3. The van der Waals surface area contributed by atoms with Crippen molar-refractivity contribution >= 4 is 58.0 Å². The fourth-order valence-corrected chi connectivity index (χ4v) is 8.50. The van der Waals surface area contributed by atoms with Gasteiger partial charge in [-0.3, -0.25) is 4.55 Å². The van der Waals surface area contributed by atoms with Crippen LogP contribution in [-0.2, 0) is 33.1 Å². The Morgan fingerprint density at radius 2 is 0.873 bits per heavy atom. The molecule has 0 heterocycles. The summed E-state index contributed by atoms with van der Waals surface area (Å²) in [5.41, 5.74) is 1.87. The summed E-state index contributed by atoms with van der Waals surface area (Å²) in [6.07, 6.45) is 29.5. The molecular weight excluding hydrogens is 865 g/mol. The number of aromatic hydroxyl groups is 1. The molecule has 0 saturated heterocycles. The van der Waals surface area contributed by atoms with Crippen LogP contribution in [0.5, 0.6) is 34.5 Å². The van der Waals surface area contributed by atoms with Crippen molar-refractivity contribution in [3.05, 3.63) is 96.1 Å². The molecule has 0 aromatic heterocycles. The van der Waals surface area contributed by atoms with Crippen LogP contribution in [0.25, 0.3) is 0 Å². The van der Waals surface area contributed by atoms with Crippen molar-refractivity contribution < 1.29 is 45.6 Å². The van der Waals surface area contributed by atoms with E-state index in [1.807, 2.05) is 0 Å². The van der Waals surface area contributed by atoms with Crippen molar-refractivity contribution in [1.82, 2.24) is 0 Å². The minimum absolute atomic E-state index is 0. The molecule has 0 fully saturated rings. The van der Waals surface area contributed by atoms with Gasteiger partial charge in [0.25, 0.3) is 10.1 Å². The fraction of sp³-hybridized carbons (Fsp3) is 0.520. The molecule has 0 aliphatic carbocycles. The number of phenols is 1.